The first-order valence-corrected chi connectivity index (χ1v) is 4.78. The Morgan fingerprint density at radius 1 is 1.43 bits per heavy atom. The highest BCUT2D eigenvalue weighted by Crippen LogP contribution is 2.24. The van der Waals surface area contributed by atoms with Gasteiger partial charge in [0.2, 0.25) is 0 Å². The van der Waals surface area contributed by atoms with E-state index in [2.05, 4.69) is 5.32 Å². The fraction of sp³-hybridized carbons (Fsp3) is 0.455. The van der Waals surface area contributed by atoms with Crippen molar-refractivity contribution in [2.45, 2.75) is 12.0 Å². The van der Waals surface area contributed by atoms with Crippen molar-refractivity contribution in [2.24, 2.45) is 0 Å². The average molecular weight is 193 g/mol. The lowest BCUT2D eigenvalue weighted by Crippen LogP contribution is -2.60. The molecule has 0 spiro atoms. The summed E-state index contributed by atoms with van der Waals surface area (Å²) in [4.78, 5) is 0. The smallest absolute Gasteiger partial charge is 0.122 e. The van der Waals surface area contributed by atoms with E-state index in [1.54, 1.807) is 7.11 Å². The van der Waals surface area contributed by atoms with Crippen molar-refractivity contribution in [1.82, 2.24) is 5.32 Å². The summed E-state index contributed by atoms with van der Waals surface area (Å²) in [5.74, 6) is 0.854. The summed E-state index contributed by atoms with van der Waals surface area (Å²) in [6.45, 7) is 1.34. The molecular weight excluding hydrogens is 178 g/mol. The lowest BCUT2D eigenvalue weighted by molar-refractivity contribution is -0.00943. The minimum absolute atomic E-state index is 0.575. The van der Waals surface area contributed by atoms with Crippen LogP contribution in [0.2, 0.25) is 0 Å². The SMILES string of the molecule is COc1ccccc1CC1(O)CNC1. The van der Waals surface area contributed by atoms with Crippen molar-refractivity contribution in [2.75, 3.05) is 20.2 Å². The van der Waals surface area contributed by atoms with Crippen LogP contribution in [0.15, 0.2) is 24.3 Å². The molecule has 1 aromatic rings. The molecule has 2 rings (SSSR count). The number of ether oxygens (including phenoxy) is 1. The zero-order valence-corrected chi connectivity index (χ0v) is 8.29. The van der Waals surface area contributed by atoms with Crippen LogP contribution in [-0.4, -0.2) is 30.9 Å². The highest BCUT2D eigenvalue weighted by molar-refractivity contribution is 5.34. The predicted molar refractivity (Wildman–Crippen MR) is 54.5 cm³/mol. The molecule has 0 aromatic heterocycles. The summed E-state index contributed by atoms with van der Waals surface area (Å²) in [6.07, 6.45) is 0.657. The number of nitrogens with one attached hydrogen (secondary N) is 1. The second-order valence-corrected chi connectivity index (χ2v) is 3.82. The van der Waals surface area contributed by atoms with E-state index in [0.717, 1.165) is 11.3 Å². The lowest BCUT2D eigenvalue weighted by atomic mass is 9.89. The number of rotatable bonds is 3. The van der Waals surface area contributed by atoms with Crippen LogP contribution in [-0.2, 0) is 6.42 Å². The first-order chi connectivity index (χ1) is 6.73. The number of hydrogen-bond acceptors (Lipinski definition) is 3. The second-order valence-electron chi connectivity index (χ2n) is 3.82. The normalized spacial score (nSPS) is 18.7. The molecule has 0 amide bonds. The zero-order chi connectivity index (χ0) is 10.0. The highest BCUT2D eigenvalue weighted by atomic mass is 16.5. The fourth-order valence-corrected chi connectivity index (χ4v) is 1.74. The molecular formula is C11H15NO2. The van der Waals surface area contributed by atoms with E-state index in [1.165, 1.54) is 0 Å². The van der Waals surface area contributed by atoms with Crippen LogP contribution >= 0.6 is 0 Å². The van der Waals surface area contributed by atoms with Crippen molar-refractivity contribution in [3.05, 3.63) is 29.8 Å². The summed E-state index contributed by atoms with van der Waals surface area (Å²) in [5.41, 5.74) is 0.494. The van der Waals surface area contributed by atoms with Crippen LogP contribution in [0.3, 0.4) is 0 Å². The molecule has 1 fully saturated rings. The van der Waals surface area contributed by atoms with E-state index in [9.17, 15) is 5.11 Å². The molecule has 2 N–H and O–H groups in total. The molecule has 1 saturated heterocycles. The van der Waals surface area contributed by atoms with Crippen LogP contribution in [0.5, 0.6) is 5.75 Å². The maximum atomic E-state index is 9.97. The molecule has 0 unspecified atom stereocenters. The van der Waals surface area contributed by atoms with Gasteiger partial charge in [-0.25, -0.2) is 0 Å². The first kappa shape index (κ1) is 9.49. The Balaban J connectivity index is 2.15. The van der Waals surface area contributed by atoms with Gasteiger partial charge >= 0.3 is 0 Å². The molecule has 14 heavy (non-hydrogen) atoms. The van der Waals surface area contributed by atoms with E-state index in [-0.39, 0.29) is 0 Å². The van der Waals surface area contributed by atoms with Gasteiger partial charge in [0.1, 0.15) is 5.75 Å². The highest BCUT2D eigenvalue weighted by Gasteiger charge is 2.34. The number of para-hydroxylation sites is 1. The maximum absolute atomic E-state index is 9.97. The van der Waals surface area contributed by atoms with Gasteiger partial charge in [0.15, 0.2) is 0 Å². The molecule has 1 heterocycles. The minimum Gasteiger partial charge on any atom is -0.496 e. The van der Waals surface area contributed by atoms with Crippen LogP contribution in [0.25, 0.3) is 0 Å². The Hall–Kier alpha value is -1.06. The molecule has 76 valence electrons. The van der Waals surface area contributed by atoms with E-state index >= 15 is 0 Å². The summed E-state index contributed by atoms with van der Waals surface area (Å²) in [7, 11) is 1.65. The van der Waals surface area contributed by atoms with Crippen molar-refractivity contribution >= 4 is 0 Å². The Kier molecular flexibility index (Phi) is 2.44. The van der Waals surface area contributed by atoms with Crippen molar-refractivity contribution in [3.63, 3.8) is 0 Å². The van der Waals surface area contributed by atoms with Gasteiger partial charge in [0.05, 0.1) is 12.7 Å². The number of methoxy groups -OCH3 is 1. The Morgan fingerprint density at radius 3 is 2.71 bits per heavy atom. The van der Waals surface area contributed by atoms with E-state index in [0.29, 0.717) is 19.5 Å². The maximum Gasteiger partial charge on any atom is 0.122 e. The molecule has 0 bridgehead atoms. The Labute approximate surface area is 83.7 Å². The molecule has 0 aliphatic carbocycles. The van der Waals surface area contributed by atoms with Crippen LogP contribution in [0.4, 0.5) is 0 Å². The van der Waals surface area contributed by atoms with Crippen molar-refractivity contribution in [1.29, 1.82) is 0 Å². The van der Waals surface area contributed by atoms with Crippen LogP contribution in [0.1, 0.15) is 5.56 Å². The van der Waals surface area contributed by atoms with E-state index in [1.807, 2.05) is 24.3 Å². The summed E-state index contributed by atoms with van der Waals surface area (Å²) < 4.78 is 5.23. The molecule has 3 heteroatoms. The number of benzene rings is 1. The summed E-state index contributed by atoms with van der Waals surface area (Å²) >= 11 is 0. The number of aliphatic hydroxyl groups is 1. The predicted octanol–water partition coefficient (Wildman–Crippen LogP) is 0.572. The third-order valence-corrected chi connectivity index (χ3v) is 2.62. The van der Waals surface area contributed by atoms with Gasteiger partial charge < -0.3 is 15.2 Å². The van der Waals surface area contributed by atoms with E-state index < -0.39 is 5.60 Å². The van der Waals surface area contributed by atoms with Gasteiger partial charge in [-0.05, 0) is 11.6 Å². The second kappa shape index (κ2) is 3.59. The van der Waals surface area contributed by atoms with Crippen molar-refractivity contribution in [3.8, 4) is 5.75 Å². The fourth-order valence-electron chi connectivity index (χ4n) is 1.74. The van der Waals surface area contributed by atoms with Gasteiger partial charge in [0.25, 0.3) is 0 Å². The van der Waals surface area contributed by atoms with Crippen LogP contribution < -0.4 is 10.1 Å². The van der Waals surface area contributed by atoms with Gasteiger partial charge in [-0.15, -0.1) is 0 Å². The Bertz CT molecular complexity index is 321. The lowest BCUT2D eigenvalue weighted by Gasteiger charge is -2.37. The van der Waals surface area contributed by atoms with Crippen LogP contribution in [0, 0.1) is 0 Å². The quantitative estimate of drug-likeness (QED) is 0.737. The molecule has 0 saturated carbocycles. The van der Waals surface area contributed by atoms with Gasteiger partial charge in [0, 0.05) is 19.5 Å². The monoisotopic (exact) mass is 193 g/mol. The molecule has 0 radical (unpaired) electrons. The zero-order valence-electron chi connectivity index (χ0n) is 8.29. The number of hydrogen-bond donors (Lipinski definition) is 2. The topological polar surface area (TPSA) is 41.5 Å². The van der Waals surface area contributed by atoms with Gasteiger partial charge in [-0.3, -0.25) is 0 Å². The Morgan fingerprint density at radius 2 is 2.14 bits per heavy atom. The molecule has 1 aliphatic rings. The molecule has 0 atom stereocenters. The third-order valence-electron chi connectivity index (χ3n) is 2.62. The summed E-state index contributed by atoms with van der Waals surface area (Å²) in [6, 6.07) is 7.82. The third kappa shape index (κ3) is 1.74. The molecule has 1 aromatic carbocycles. The summed E-state index contributed by atoms with van der Waals surface area (Å²) in [5, 5.41) is 13.0. The minimum atomic E-state index is -0.575. The van der Waals surface area contributed by atoms with Crippen molar-refractivity contribution < 1.29 is 9.84 Å². The first-order valence-electron chi connectivity index (χ1n) is 4.78. The molecule has 1 aliphatic heterocycles. The molecule has 3 nitrogen and oxygen atoms in total. The number of β-amino-alcohol motifs (C(OH)–C–C–N with tert-alkyl or cyclic N) is 1. The standard InChI is InChI=1S/C11H15NO2/c1-14-10-5-3-2-4-9(10)6-11(13)7-12-8-11/h2-5,12-13H,6-8H2,1H3. The largest absolute Gasteiger partial charge is 0.496 e. The van der Waals surface area contributed by atoms with Gasteiger partial charge in [-0.1, -0.05) is 18.2 Å². The van der Waals surface area contributed by atoms with E-state index in [4.69, 9.17) is 4.74 Å². The average Bonchev–Trinajstić information content (AvgIpc) is 2.16. The van der Waals surface area contributed by atoms with Gasteiger partial charge in [-0.2, -0.15) is 0 Å².